The fourth-order valence-electron chi connectivity index (χ4n) is 1.35. The number of nitriles is 1. The van der Waals surface area contributed by atoms with E-state index in [0.29, 0.717) is 4.88 Å². The predicted molar refractivity (Wildman–Crippen MR) is 68.3 cm³/mol. The standard InChI is InChI=1S/C11H14N2O2S2/c1-4-7-13(9(2)3)17(14,15)11-6-5-10(8-12)16-11/h4-6,9H,1,7H2,2-3H3. The first-order valence-electron chi connectivity index (χ1n) is 5.06. The smallest absolute Gasteiger partial charge is 0.206 e. The number of rotatable bonds is 5. The summed E-state index contributed by atoms with van der Waals surface area (Å²) in [6, 6.07) is 4.77. The third-order valence-electron chi connectivity index (χ3n) is 2.14. The van der Waals surface area contributed by atoms with Crippen LogP contribution in [0.3, 0.4) is 0 Å². The minimum Gasteiger partial charge on any atom is -0.206 e. The molecule has 0 aliphatic carbocycles. The summed E-state index contributed by atoms with van der Waals surface area (Å²) in [5, 5.41) is 8.70. The highest BCUT2D eigenvalue weighted by atomic mass is 32.2. The van der Waals surface area contributed by atoms with E-state index in [1.807, 2.05) is 6.07 Å². The van der Waals surface area contributed by atoms with Crippen molar-refractivity contribution in [2.24, 2.45) is 0 Å². The van der Waals surface area contributed by atoms with Gasteiger partial charge in [-0.2, -0.15) is 9.57 Å². The average Bonchev–Trinajstić information content (AvgIpc) is 2.74. The molecule has 92 valence electrons. The van der Waals surface area contributed by atoms with E-state index in [0.717, 1.165) is 11.3 Å². The van der Waals surface area contributed by atoms with Crippen molar-refractivity contribution < 1.29 is 8.42 Å². The van der Waals surface area contributed by atoms with Gasteiger partial charge in [0.25, 0.3) is 10.0 Å². The molecule has 0 saturated carbocycles. The zero-order chi connectivity index (χ0) is 13.1. The molecule has 0 aliphatic heterocycles. The predicted octanol–water partition coefficient (Wildman–Crippen LogP) is 2.20. The molecular weight excluding hydrogens is 256 g/mol. The van der Waals surface area contributed by atoms with Crippen LogP contribution in [0.4, 0.5) is 0 Å². The molecule has 0 spiro atoms. The van der Waals surface area contributed by atoms with Gasteiger partial charge in [-0.15, -0.1) is 17.9 Å². The Bertz CT molecular complexity index is 538. The summed E-state index contributed by atoms with van der Waals surface area (Å²) in [5.41, 5.74) is 0. The van der Waals surface area contributed by atoms with Crippen LogP contribution in [-0.2, 0) is 10.0 Å². The molecule has 0 fully saturated rings. The van der Waals surface area contributed by atoms with Gasteiger partial charge in [-0.3, -0.25) is 0 Å². The van der Waals surface area contributed by atoms with Gasteiger partial charge in [0, 0.05) is 12.6 Å². The maximum Gasteiger partial charge on any atom is 0.253 e. The van der Waals surface area contributed by atoms with Crippen molar-refractivity contribution in [3.63, 3.8) is 0 Å². The molecule has 0 aliphatic rings. The Morgan fingerprint density at radius 3 is 2.65 bits per heavy atom. The van der Waals surface area contributed by atoms with Gasteiger partial charge in [0.2, 0.25) is 0 Å². The molecule has 0 saturated heterocycles. The molecule has 17 heavy (non-hydrogen) atoms. The highest BCUT2D eigenvalue weighted by molar-refractivity contribution is 7.91. The molecule has 1 aromatic rings. The van der Waals surface area contributed by atoms with Crippen molar-refractivity contribution in [3.05, 3.63) is 29.7 Å². The van der Waals surface area contributed by atoms with E-state index in [1.54, 1.807) is 19.9 Å². The van der Waals surface area contributed by atoms with E-state index >= 15 is 0 Å². The molecule has 1 aromatic heterocycles. The first kappa shape index (κ1) is 13.9. The van der Waals surface area contributed by atoms with Crippen LogP contribution >= 0.6 is 11.3 Å². The molecular formula is C11H14N2O2S2. The minimum absolute atomic E-state index is 0.148. The summed E-state index contributed by atoms with van der Waals surface area (Å²) in [6.07, 6.45) is 1.55. The second kappa shape index (κ2) is 5.45. The Kier molecular flexibility index (Phi) is 4.46. The van der Waals surface area contributed by atoms with E-state index < -0.39 is 10.0 Å². The Balaban J connectivity index is 3.16. The number of hydrogen-bond donors (Lipinski definition) is 0. The lowest BCUT2D eigenvalue weighted by Crippen LogP contribution is -2.36. The highest BCUT2D eigenvalue weighted by Gasteiger charge is 2.27. The van der Waals surface area contributed by atoms with Crippen LogP contribution in [0.15, 0.2) is 29.0 Å². The van der Waals surface area contributed by atoms with Crippen LogP contribution in [0, 0.1) is 11.3 Å². The summed E-state index contributed by atoms with van der Waals surface area (Å²) in [5.74, 6) is 0. The van der Waals surface area contributed by atoms with Crippen molar-refractivity contribution in [2.75, 3.05) is 6.54 Å². The molecule has 4 nitrogen and oxygen atoms in total. The SMILES string of the molecule is C=CCN(C(C)C)S(=O)(=O)c1ccc(C#N)s1. The van der Waals surface area contributed by atoms with Gasteiger partial charge in [0.15, 0.2) is 0 Å². The molecule has 0 aromatic carbocycles. The third kappa shape index (κ3) is 2.94. The molecule has 0 unspecified atom stereocenters. The molecule has 0 bridgehead atoms. The van der Waals surface area contributed by atoms with E-state index in [2.05, 4.69) is 6.58 Å². The third-order valence-corrected chi connectivity index (χ3v) is 5.64. The summed E-state index contributed by atoms with van der Waals surface area (Å²) in [4.78, 5) is 0.394. The Morgan fingerprint density at radius 2 is 2.24 bits per heavy atom. The lowest BCUT2D eigenvalue weighted by molar-refractivity contribution is 0.384. The van der Waals surface area contributed by atoms with Crippen LogP contribution < -0.4 is 0 Å². The fourth-order valence-corrected chi connectivity index (χ4v) is 4.19. The Hall–Kier alpha value is -1.16. The number of sulfonamides is 1. The number of hydrogen-bond acceptors (Lipinski definition) is 4. The second-order valence-electron chi connectivity index (χ2n) is 3.69. The van der Waals surface area contributed by atoms with Crippen LogP contribution in [0.1, 0.15) is 18.7 Å². The first-order valence-corrected chi connectivity index (χ1v) is 7.31. The largest absolute Gasteiger partial charge is 0.253 e. The molecule has 0 amide bonds. The van der Waals surface area contributed by atoms with Gasteiger partial charge < -0.3 is 0 Å². The van der Waals surface area contributed by atoms with Crippen molar-refractivity contribution in [3.8, 4) is 6.07 Å². The van der Waals surface area contributed by atoms with Crippen molar-refractivity contribution in [2.45, 2.75) is 24.1 Å². The monoisotopic (exact) mass is 270 g/mol. The van der Waals surface area contributed by atoms with Crippen molar-refractivity contribution in [1.29, 1.82) is 5.26 Å². The Labute approximate surface area is 106 Å². The zero-order valence-corrected chi connectivity index (χ0v) is 11.4. The maximum absolute atomic E-state index is 12.3. The van der Waals surface area contributed by atoms with Crippen molar-refractivity contribution in [1.82, 2.24) is 4.31 Å². The number of thiophene rings is 1. The van der Waals surface area contributed by atoms with E-state index in [1.165, 1.54) is 16.4 Å². The minimum atomic E-state index is -3.52. The van der Waals surface area contributed by atoms with Gasteiger partial charge >= 0.3 is 0 Å². The topological polar surface area (TPSA) is 61.2 Å². The molecule has 0 atom stereocenters. The van der Waals surface area contributed by atoms with Gasteiger partial charge in [0.1, 0.15) is 15.2 Å². The summed E-state index contributed by atoms with van der Waals surface area (Å²) >= 11 is 0.986. The quantitative estimate of drug-likeness (QED) is 0.771. The van der Waals surface area contributed by atoms with E-state index in [4.69, 9.17) is 5.26 Å². The van der Waals surface area contributed by atoms with Crippen LogP contribution in [0.5, 0.6) is 0 Å². The lowest BCUT2D eigenvalue weighted by Gasteiger charge is -2.23. The first-order chi connectivity index (χ1) is 7.93. The molecule has 6 heteroatoms. The summed E-state index contributed by atoms with van der Waals surface area (Å²) < 4.78 is 26.1. The van der Waals surface area contributed by atoms with E-state index in [-0.39, 0.29) is 16.8 Å². The zero-order valence-electron chi connectivity index (χ0n) is 9.75. The normalized spacial score (nSPS) is 11.7. The van der Waals surface area contributed by atoms with Gasteiger partial charge in [-0.05, 0) is 26.0 Å². The highest BCUT2D eigenvalue weighted by Crippen LogP contribution is 2.25. The molecule has 1 rings (SSSR count). The lowest BCUT2D eigenvalue weighted by atomic mass is 10.4. The van der Waals surface area contributed by atoms with Crippen molar-refractivity contribution >= 4 is 21.4 Å². The molecule has 0 N–H and O–H groups in total. The average molecular weight is 270 g/mol. The summed E-state index contributed by atoms with van der Waals surface area (Å²) in [7, 11) is -3.52. The Morgan fingerprint density at radius 1 is 1.59 bits per heavy atom. The maximum atomic E-state index is 12.3. The molecule has 0 radical (unpaired) electrons. The van der Waals surface area contributed by atoms with Gasteiger partial charge in [-0.1, -0.05) is 6.08 Å². The second-order valence-corrected chi connectivity index (χ2v) is 6.89. The van der Waals surface area contributed by atoms with Gasteiger partial charge in [-0.25, -0.2) is 8.42 Å². The van der Waals surface area contributed by atoms with Crippen LogP contribution in [0.25, 0.3) is 0 Å². The van der Waals surface area contributed by atoms with E-state index in [9.17, 15) is 8.42 Å². The summed E-state index contributed by atoms with van der Waals surface area (Å²) in [6.45, 7) is 7.43. The van der Waals surface area contributed by atoms with Gasteiger partial charge in [0.05, 0.1) is 0 Å². The number of nitrogens with zero attached hydrogens (tertiary/aromatic N) is 2. The van der Waals surface area contributed by atoms with Crippen LogP contribution in [-0.4, -0.2) is 25.3 Å². The fraction of sp³-hybridized carbons (Fsp3) is 0.364. The molecule has 1 heterocycles. The van der Waals surface area contributed by atoms with Crippen LogP contribution in [0.2, 0.25) is 0 Å².